The van der Waals surface area contributed by atoms with E-state index < -0.39 is 11.9 Å². The van der Waals surface area contributed by atoms with Crippen LogP contribution in [0, 0.1) is 11.3 Å². The van der Waals surface area contributed by atoms with E-state index in [4.69, 9.17) is 14.7 Å². The molecule has 5 heteroatoms. The fourth-order valence-corrected chi connectivity index (χ4v) is 3.42. The van der Waals surface area contributed by atoms with Gasteiger partial charge in [-0.05, 0) is 24.8 Å². The molecule has 3 atom stereocenters. The molecule has 0 amide bonds. The van der Waals surface area contributed by atoms with Gasteiger partial charge in [0.25, 0.3) is 0 Å². The molecule has 1 heterocycles. The molecule has 1 N–H and O–H groups in total. The van der Waals surface area contributed by atoms with Crippen LogP contribution in [0.2, 0.25) is 0 Å². The quantitative estimate of drug-likeness (QED) is 0.515. The first-order valence-corrected chi connectivity index (χ1v) is 8.02. The summed E-state index contributed by atoms with van der Waals surface area (Å²) < 4.78 is 11.9. The lowest BCUT2D eigenvalue weighted by Gasteiger charge is -2.32. The Morgan fingerprint density at radius 3 is 2.48 bits per heavy atom. The highest BCUT2D eigenvalue weighted by atomic mass is 16.8. The van der Waals surface area contributed by atoms with E-state index in [9.17, 15) is 4.79 Å². The van der Waals surface area contributed by atoms with Gasteiger partial charge in [-0.2, -0.15) is 0 Å². The van der Waals surface area contributed by atoms with Gasteiger partial charge < -0.3 is 14.7 Å². The van der Waals surface area contributed by atoms with Crippen molar-refractivity contribution in [2.45, 2.75) is 51.9 Å². The predicted molar refractivity (Wildman–Crippen MR) is 85.1 cm³/mol. The monoisotopic (exact) mass is 317 g/mol. The van der Waals surface area contributed by atoms with Gasteiger partial charge >= 0.3 is 5.97 Å². The Balaban J connectivity index is 2.04. The second kappa shape index (κ2) is 5.64. The molecule has 1 aromatic carbocycles. The number of esters is 1. The highest BCUT2D eigenvalue weighted by molar-refractivity contribution is 5.89. The van der Waals surface area contributed by atoms with Crippen molar-refractivity contribution >= 4 is 11.7 Å². The zero-order chi connectivity index (χ0) is 16.7. The van der Waals surface area contributed by atoms with Gasteiger partial charge in [0.2, 0.25) is 6.29 Å². The van der Waals surface area contributed by atoms with Crippen LogP contribution in [0.15, 0.2) is 35.5 Å². The number of carbonyl (C=O) groups excluding carboxylic acids is 1. The van der Waals surface area contributed by atoms with E-state index in [1.165, 1.54) is 0 Å². The normalized spacial score (nSPS) is 33.2. The number of oxime groups is 1. The summed E-state index contributed by atoms with van der Waals surface area (Å²) in [6.45, 7) is 5.96. The van der Waals surface area contributed by atoms with E-state index in [-0.39, 0.29) is 17.3 Å². The van der Waals surface area contributed by atoms with Crippen LogP contribution in [0.1, 0.15) is 45.6 Å². The molecule has 1 aliphatic heterocycles. The molecule has 1 aromatic rings. The maximum absolute atomic E-state index is 12.9. The van der Waals surface area contributed by atoms with Gasteiger partial charge in [0.15, 0.2) is 5.60 Å². The topological polar surface area (TPSA) is 68.1 Å². The molecule has 23 heavy (non-hydrogen) atoms. The highest BCUT2D eigenvalue weighted by Gasteiger charge is 2.59. The maximum atomic E-state index is 12.9. The van der Waals surface area contributed by atoms with Crippen LogP contribution in [0.5, 0.6) is 0 Å². The molecule has 0 bridgehead atoms. The highest BCUT2D eigenvalue weighted by Crippen LogP contribution is 2.49. The predicted octanol–water partition coefficient (Wildman–Crippen LogP) is 3.46. The first-order chi connectivity index (χ1) is 10.9. The summed E-state index contributed by atoms with van der Waals surface area (Å²) in [6.07, 6.45) is 1.36. The zero-order valence-corrected chi connectivity index (χ0v) is 13.8. The molecular formula is C18H23NO4. The van der Waals surface area contributed by atoms with E-state index in [1.807, 2.05) is 51.1 Å². The smallest absolute Gasteiger partial charge is 0.345 e. The molecule has 0 spiro atoms. The molecule has 1 aliphatic carbocycles. The Bertz CT molecular complexity index is 620. The molecule has 2 aliphatic rings. The molecule has 0 aromatic heterocycles. The van der Waals surface area contributed by atoms with Gasteiger partial charge in [-0.15, -0.1) is 0 Å². The van der Waals surface area contributed by atoms with Gasteiger partial charge in [0, 0.05) is 11.3 Å². The summed E-state index contributed by atoms with van der Waals surface area (Å²) in [6, 6.07) is 9.51. The molecule has 3 rings (SSSR count). The Morgan fingerprint density at radius 1 is 1.26 bits per heavy atom. The minimum atomic E-state index is -1.12. The lowest BCUT2D eigenvalue weighted by Crippen LogP contribution is -2.41. The van der Waals surface area contributed by atoms with Crippen LogP contribution in [-0.4, -0.2) is 23.2 Å². The molecule has 2 fully saturated rings. The standard InChI is InChI=1S/C18H23NO4/c1-17(2,3)16-22-15(20)18(23-16,12-7-5-4-6-8-12)13-9-10-14(11-13)19-21/h4-8,13,16,21H,9-11H2,1-3H3. The maximum Gasteiger partial charge on any atom is 0.345 e. The molecule has 3 unspecified atom stereocenters. The zero-order valence-electron chi connectivity index (χ0n) is 13.8. The molecule has 0 radical (unpaired) electrons. The minimum Gasteiger partial charge on any atom is -0.433 e. The molecule has 124 valence electrons. The summed E-state index contributed by atoms with van der Waals surface area (Å²) in [7, 11) is 0. The third kappa shape index (κ3) is 2.63. The van der Waals surface area contributed by atoms with Gasteiger partial charge in [-0.25, -0.2) is 4.79 Å². The molecule has 1 saturated carbocycles. The van der Waals surface area contributed by atoms with Crippen molar-refractivity contribution in [2.24, 2.45) is 16.5 Å². The number of rotatable bonds is 2. The second-order valence-corrected chi connectivity index (χ2v) is 7.43. The number of ether oxygens (including phenoxy) is 2. The fourth-order valence-electron chi connectivity index (χ4n) is 3.42. The van der Waals surface area contributed by atoms with E-state index in [0.717, 1.165) is 12.0 Å². The van der Waals surface area contributed by atoms with Crippen molar-refractivity contribution in [3.63, 3.8) is 0 Å². The Kier molecular flexibility index (Phi) is 3.92. The Labute approximate surface area is 136 Å². The molecule has 1 saturated heterocycles. The van der Waals surface area contributed by atoms with Gasteiger partial charge in [0.05, 0.1) is 5.71 Å². The first-order valence-electron chi connectivity index (χ1n) is 8.02. The summed E-state index contributed by atoms with van der Waals surface area (Å²) in [5.74, 6) is -0.427. The van der Waals surface area contributed by atoms with Crippen LogP contribution in [0.4, 0.5) is 0 Å². The van der Waals surface area contributed by atoms with Gasteiger partial charge in [-0.1, -0.05) is 56.3 Å². The number of hydrogen-bond donors (Lipinski definition) is 1. The number of nitrogens with zero attached hydrogens (tertiary/aromatic N) is 1. The van der Waals surface area contributed by atoms with E-state index in [2.05, 4.69) is 5.16 Å². The lowest BCUT2D eigenvalue weighted by atomic mass is 9.80. The average molecular weight is 317 g/mol. The summed E-state index contributed by atoms with van der Waals surface area (Å²) in [5.41, 5.74) is 0.0894. The number of cyclic esters (lactones) is 1. The minimum absolute atomic E-state index is 0.0874. The summed E-state index contributed by atoms with van der Waals surface area (Å²) in [5, 5.41) is 12.4. The summed E-state index contributed by atoms with van der Waals surface area (Å²) in [4.78, 5) is 12.9. The Morgan fingerprint density at radius 2 is 1.96 bits per heavy atom. The number of carbonyl (C=O) groups is 1. The number of benzene rings is 1. The van der Waals surface area contributed by atoms with Crippen molar-refractivity contribution in [1.29, 1.82) is 0 Å². The van der Waals surface area contributed by atoms with E-state index in [0.29, 0.717) is 18.6 Å². The third-order valence-electron chi connectivity index (χ3n) is 4.70. The van der Waals surface area contributed by atoms with Crippen LogP contribution in [0.25, 0.3) is 0 Å². The van der Waals surface area contributed by atoms with E-state index in [1.54, 1.807) is 0 Å². The lowest BCUT2D eigenvalue weighted by molar-refractivity contribution is -0.161. The van der Waals surface area contributed by atoms with Crippen LogP contribution in [0.3, 0.4) is 0 Å². The second-order valence-electron chi connectivity index (χ2n) is 7.43. The van der Waals surface area contributed by atoms with Crippen molar-refractivity contribution < 1.29 is 19.5 Å². The third-order valence-corrected chi connectivity index (χ3v) is 4.70. The number of hydrogen-bond acceptors (Lipinski definition) is 5. The Hall–Kier alpha value is -1.88. The fraction of sp³-hybridized carbons (Fsp3) is 0.556. The van der Waals surface area contributed by atoms with Gasteiger partial charge in [0.1, 0.15) is 0 Å². The van der Waals surface area contributed by atoms with E-state index >= 15 is 0 Å². The van der Waals surface area contributed by atoms with Crippen LogP contribution < -0.4 is 0 Å². The first kappa shape index (κ1) is 16.0. The largest absolute Gasteiger partial charge is 0.433 e. The average Bonchev–Trinajstić information content (AvgIpc) is 3.12. The van der Waals surface area contributed by atoms with Crippen LogP contribution in [-0.2, 0) is 19.9 Å². The van der Waals surface area contributed by atoms with Crippen molar-refractivity contribution in [3.8, 4) is 0 Å². The van der Waals surface area contributed by atoms with Gasteiger partial charge in [-0.3, -0.25) is 0 Å². The van der Waals surface area contributed by atoms with Crippen LogP contribution >= 0.6 is 0 Å². The molecular weight excluding hydrogens is 294 g/mol. The SMILES string of the molecule is CC(C)(C)C1OC(=O)C(c2ccccc2)(C2CCC(=NO)C2)O1. The molecule has 5 nitrogen and oxygen atoms in total. The van der Waals surface area contributed by atoms with Crippen molar-refractivity contribution in [3.05, 3.63) is 35.9 Å². The summed E-state index contributed by atoms with van der Waals surface area (Å²) >= 11 is 0. The van der Waals surface area contributed by atoms with Crippen molar-refractivity contribution in [2.75, 3.05) is 0 Å². The van der Waals surface area contributed by atoms with Crippen molar-refractivity contribution in [1.82, 2.24) is 0 Å².